The summed E-state index contributed by atoms with van der Waals surface area (Å²) in [5.41, 5.74) is -0.967. The minimum atomic E-state index is -0.967. The largest absolute Gasteiger partial charge is 0.481 e. The van der Waals surface area contributed by atoms with Crippen molar-refractivity contribution < 1.29 is 15.0 Å². The van der Waals surface area contributed by atoms with E-state index in [4.69, 9.17) is 0 Å². The molecule has 0 saturated heterocycles. The van der Waals surface area contributed by atoms with Gasteiger partial charge >= 0.3 is 5.97 Å². The lowest BCUT2D eigenvalue weighted by molar-refractivity contribution is -0.154. The van der Waals surface area contributed by atoms with Gasteiger partial charge in [-0.25, -0.2) is 0 Å². The maximum absolute atomic E-state index is 11.3. The van der Waals surface area contributed by atoms with Crippen LogP contribution < -0.4 is 0 Å². The number of aliphatic hydroxyl groups is 1. The zero-order chi connectivity index (χ0) is 12.9. The van der Waals surface area contributed by atoms with Crippen LogP contribution in [0.25, 0.3) is 0 Å². The predicted molar refractivity (Wildman–Crippen MR) is 67.8 cm³/mol. The Morgan fingerprint density at radius 3 is 2.71 bits per heavy atom. The number of carbonyl (C=O) groups is 1. The number of hydrogen-bond donors (Lipinski definition) is 2. The van der Waals surface area contributed by atoms with E-state index >= 15 is 0 Å². The number of hydrogen-bond acceptors (Lipinski definition) is 2. The molecule has 0 spiro atoms. The first-order chi connectivity index (χ1) is 7.99. The van der Waals surface area contributed by atoms with Gasteiger partial charge in [0.05, 0.1) is 11.5 Å². The maximum Gasteiger partial charge on any atom is 0.309 e. The quantitative estimate of drug-likeness (QED) is 0.728. The molecule has 100 valence electrons. The Bertz CT molecular complexity index is 252. The summed E-state index contributed by atoms with van der Waals surface area (Å²) in [5, 5.41) is 20.0. The Morgan fingerprint density at radius 1 is 1.41 bits per heavy atom. The molecule has 3 unspecified atom stereocenters. The fourth-order valence-electron chi connectivity index (χ4n) is 2.90. The molecule has 1 saturated carbocycles. The van der Waals surface area contributed by atoms with Gasteiger partial charge in [-0.15, -0.1) is 0 Å². The first kappa shape index (κ1) is 14.5. The van der Waals surface area contributed by atoms with Crippen molar-refractivity contribution >= 4 is 5.97 Å². The van der Waals surface area contributed by atoms with E-state index in [-0.39, 0.29) is 0 Å². The van der Waals surface area contributed by atoms with Crippen molar-refractivity contribution in [1.29, 1.82) is 0 Å². The third kappa shape index (κ3) is 3.98. The molecule has 0 aliphatic heterocycles. The van der Waals surface area contributed by atoms with Crippen LogP contribution in [0, 0.1) is 11.8 Å². The first-order valence-corrected chi connectivity index (χ1v) is 6.94. The molecule has 2 N–H and O–H groups in total. The van der Waals surface area contributed by atoms with Gasteiger partial charge in [0.1, 0.15) is 0 Å². The van der Waals surface area contributed by atoms with E-state index in [0.29, 0.717) is 25.2 Å². The van der Waals surface area contributed by atoms with Gasteiger partial charge in [0.25, 0.3) is 0 Å². The van der Waals surface area contributed by atoms with Crippen molar-refractivity contribution in [2.75, 3.05) is 0 Å². The van der Waals surface area contributed by atoms with Gasteiger partial charge in [-0.1, -0.05) is 39.5 Å². The van der Waals surface area contributed by atoms with Gasteiger partial charge in [0.2, 0.25) is 0 Å². The molecular weight excluding hydrogens is 216 g/mol. The minimum Gasteiger partial charge on any atom is -0.481 e. The van der Waals surface area contributed by atoms with Crippen molar-refractivity contribution in [2.24, 2.45) is 11.8 Å². The van der Waals surface area contributed by atoms with Crippen molar-refractivity contribution in [1.82, 2.24) is 0 Å². The molecule has 0 radical (unpaired) electrons. The van der Waals surface area contributed by atoms with E-state index < -0.39 is 17.5 Å². The molecule has 0 aromatic carbocycles. The summed E-state index contributed by atoms with van der Waals surface area (Å²) in [4.78, 5) is 11.3. The SMILES string of the molecule is CCCCC(C(=O)O)C1(O)CCCC(C)CC1. The molecule has 0 heterocycles. The van der Waals surface area contributed by atoms with Crippen LogP contribution in [0.2, 0.25) is 0 Å². The summed E-state index contributed by atoms with van der Waals surface area (Å²) in [6, 6.07) is 0. The molecule has 3 nitrogen and oxygen atoms in total. The van der Waals surface area contributed by atoms with Crippen LogP contribution in [0.15, 0.2) is 0 Å². The average Bonchev–Trinajstić information content (AvgIpc) is 2.42. The Hall–Kier alpha value is -0.570. The zero-order valence-corrected chi connectivity index (χ0v) is 11.1. The third-order valence-corrected chi connectivity index (χ3v) is 4.17. The highest BCUT2D eigenvalue weighted by atomic mass is 16.4. The molecule has 0 amide bonds. The molecule has 1 aliphatic carbocycles. The van der Waals surface area contributed by atoms with Crippen LogP contribution in [-0.2, 0) is 4.79 Å². The first-order valence-electron chi connectivity index (χ1n) is 6.94. The fourth-order valence-corrected chi connectivity index (χ4v) is 2.90. The van der Waals surface area contributed by atoms with Crippen LogP contribution >= 0.6 is 0 Å². The Labute approximate surface area is 104 Å². The molecule has 17 heavy (non-hydrogen) atoms. The van der Waals surface area contributed by atoms with Crippen molar-refractivity contribution in [3.63, 3.8) is 0 Å². The summed E-state index contributed by atoms with van der Waals surface area (Å²) in [5.74, 6) is -0.784. The molecule has 0 aromatic rings. The summed E-state index contributed by atoms with van der Waals surface area (Å²) >= 11 is 0. The van der Waals surface area contributed by atoms with Crippen LogP contribution in [-0.4, -0.2) is 21.8 Å². The van der Waals surface area contributed by atoms with Crippen LogP contribution in [0.3, 0.4) is 0 Å². The highest BCUT2D eigenvalue weighted by molar-refractivity contribution is 5.71. The van der Waals surface area contributed by atoms with Crippen molar-refractivity contribution in [2.45, 2.75) is 70.8 Å². The minimum absolute atomic E-state index is 0.576. The van der Waals surface area contributed by atoms with Gasteiger partial charge < -0.3 is 10.2 Å². The average molecular weight is 242 g/mol. The standard InChI is InChI=1S/C14H26O3/c1-3-4-7-12(13(15)16)14(17)9-5-6-11(2)8-10-14/h11-12,17H,3-10H2,1-2H3,(H,15,16). The predicted octanol–water partition coefficient (Wildman–Crippen LogP) is 3.21. The maximum atomic E-state index is 11.3. The van der Waals surface area contributed by atoms with Crippen molar-refractivity contribution in [3.05, 3.63) is 0 Å². The zero-order valence-electron chi connectivity index (χ0n) is 11.1. The molecule has 0 aromatic heterocycles. The second-order valence-corrected chi connectivity index (χ2v) is 5.67. The van der Waals surface area contributed by atoms with Crippen molar-refractivity contribution in [3.8, 4) is 0 Å². The van der Waals surface area contributed by atoms with E-state index in [1.165, 1.54) is 0 Å². The topological polar surface area (TPSA) is 57.5 Å². The Kier molecular flexibility index (Phi) is 5.44. The highest BCUT2D eigenvalue weighted by Crippen LogP contribution is 2.37. The molecule has 3 atom stereocenters. The van der Waals surface area contributed by atoms with Gasteiger partial charge in [-0.05, 0) is 31.6 Å². The summed E-state index contributed by atoms with van der Waals surface area (Å²) in [6.45, 7) is 4.24. The Balaban J connectivity index is 2.71. The van der Waals surface area contributed by atoms with E-state index in [1.54, 1.807) is 0 Å². The number of aliphatic carboxylic acids is 1. The second kappa shape index (κ2) is 6.39. The summed E-state index contributed by atoms with van der Waals surface area (Å²) < 4.78 is 0. The van der Waals surface area contributed by atoms with Gasteiger partial charge in [0.15, 0.2) is 0 Å². The number of carboxylic acids is 1. The molecule has 1 fully saturated rings. The molecule has 1 rings (SSSR count). The lowest BCUT2D eigenvalue weighted by Gasteiger charge is -2.33. The second-order valence-electron chi connectivity index (χ2n) is 5.67. The summed E-state index contributed by atoms with van der Waals surface area (Å²) in [6.07, 6.45) is 6.79. The molecule has 3 heteroatoms. The normalized spacial score (nSPS) is 31.8. The smallest absolute Gasteiger partial charge is 0.309 e. The monoisotopic (exact) mass is 242 g/mol. The summed E-state index contributed by atoms with van der Waals surface area (Å²) in [7, 11) is 0. The molecular formula is C14H26O3. The van der Waals surface area contributed by atoms with Gasteiger partial charge in [-0.3, -0.25) is 4.79 Å². The lowest BCUT2D eigenvalue weighted by Crippen LogP contribution is -2.42. The Morgan fingerprint density at radius 2 is 2.12 bits per heavy atom. The van der Waals surface area contributed by atoms with Gasteiger partial charge in [-0.2, -0.15) is 0 Å². The van der Waals surface area contributed by atoms with Crippen LogP contribution in [0.1, 0.15) is 65.2 Å². The van der Waals surface area contributed by atoms with E-state index in [1.807, 2.05) is 0 Å². The fraction of sp³-hybridized carbons (Fsp3) is 0.929. The van der Waals surface area contributed by atoms with E-state index in [9.17, 15) is 15.0 Å². The van der Waals surface area contributed by atoms with E-state index in [2.05, 4.69) is 13.8 Å². The molecule has 1 aliphatic rings. The third-order valence-electron chi connectivity index (χ3n) is 4.17. The highest BCUT2D eigenvalue weighted by Gasteiger charge is 2.41. The number of carboxylic acid groups (broad SMARTS) is 1. The van der Waals surface area contributed by atoms with Crippen LogP contribution in [0.4, 0.5) is 0 Å². The van der Waals surface area contributed by atoms with E-state index in [0.717, 1.165) is 32.1 Å². The van der Waals surface area contributed by atoms with Gasteiger partial charge in [0, 0.05) is 0 Å². The molecule has 0 bridgehead atoms. The number of unbranched alkanes of at least 4 members (excludes halogenated alkanes) is 1. The van der Waals surface area contributed by atoms with Crippen LogP contribution in [0.5, 0.6) is 0 Å². The number of rotatable bonds is 5. The lowest BCUT2D eigenvalue weighted by atomic mass is 9.78.